The third-order valence-electron chi connectivity index (χ3n) is 3.47. The lowest BCUT2D eigenvalue weighted by Gasteiger charge is -2.11. The van der Waals surface area contributed by atoms with E-state index in [0.29, 0.717) is 5.95 Å². The minimum absolute atomic E-state index is 0.565. The monoisotopic (exact) mass is 308 g/mol. The molecule has 0 spiro atoms. The van der Waals surface area contributed by atoms with Gasteiger partial charge in [0.1, 0.15) is 11.6 Å². The highest BCUT2D eigenvalue weighted by molar-refractivity contribution is 5.90. The predicted molar refractivity (Wildman–Crippen MR) is 94.6 cm³/mol. The average molecular weight is 308 g/mol. The smallest absolute Gasteiger partial charge is 0.229 e. The van der Waals surface area contributed by atoms with E-state index in [0.717, 1.165) is 41.1 Å². The fraction of sp³-hybridized carbons (Fsp3) is 0.222. The van der Waals surface area contributed by atoms with Crippen LogP contribution in [0.15, 0.2) is 48.5 Å². The highest BCUT2D eigenvalue weighted by Gasteiger charge is 2.07. The standard InChI is InChI=1S/C18H20N4O/c1-3-11-19-17-15-9-4-5-10-16(15)21-18(22-17)20-13-7-6-8-14(12-13)23-2/h4-10,12H,3,11H2,1-2H3,(H2,19,20,21,22). The number of fused-ring (bicyclic) bond motifs is 1. The van der Waals surface area contributed by atoms with Crippen LogP contribution >= 0.6 is 0 Å². The van der Waals surface area contributed by atoms with Crippen LogP contribution in [0.2, 0.25) is 0 Å². The Balaban J connectivity index is 1.96. The lowest BCUT2D eigenvalue weighted by atomic mass is 10.2. The molecule has 0 saturated heterocycles. The highest BCUT2D eigenvalue weighted by Crippen LogP contribution is 2.24. The first-order valence-corrected chi connectivity index (χ1v) is 7.72. The van der Waals surface area contributed by atoms with E-state index in [1.165, 1.54) is 0 Å². The van der Waals surface area contributed by atoms with E-state index in [-0.39, 0.29) is 0 Å². The highest BCUT2D eigenvalue weighted by atomic mass is 16.5. The lowest BCUT2D eigenvalue weighted by molar-refractivity contribution is 0.415. The maximum Gasteiger partial charge on any atom is 0.229 e. The number of ether oxygens (including phenoxy) is 1. The molecule has 5 heteroatoms. The number of methoxy groups -OCH3 is 1. The van der Waals surface area contributed by atoms with Crippen molar-refractivity contribution in [3.63, 3.8) is 0 Å². The molecule has 3 aromatic rings. The first kappa shape index (κ1) is 15.1. The summed E-state index contributed by atoms with van der Waals surface area (Å²) in [6.07, 6.45) is 1.04. The van der Waals surface area contributed by atoms with Gasteiger partial charge in [-0.05, 0) is 30.7 Å². The van der Waals surface area contributed by atoms with Crippen molar-refractivity contribution >= 4 is 28.4 Å². The van der Waals surface area contributed by atoms with Crippen LogP contribution in [0.25, 0.3) is 10.9 Å². The van der Waals surface area contributed by atoms with Crippen molar-refractivity contribution in [3.8, 4) is 5.75 Å². The van der Waals surface area contributed by atoms with Crippen LogP contribution in [0.3, 0.4) is 0 Å². The minimum Gasteiger partial charge on any atom is -0.497 e. The second kappa shape index (κ2) is 6.96. The number of benzene rings is 2. The Morgan fingerprint density at radius 1 is 1.04 bits per heavy atom. The maximum absolute atomic E-state index is 5.25. The molecule has 0 bridgehead atoms. The summed E-state index contributed by atoms with van der Waals surface area (Å²) in [4.78, 5) is 9.21. The van der Waals surface area contributed by atoms with Crippen LogP contribution in [0.5, 0.6) is 5.75 Å². The van der Waals surface area contributed by atoms with Gasteiger partial charge < -0.3 is 15.4 Å². The van der Waals surface area contributed by atoms with E-state index < -0.39 is 0 Å². The van der Waals surface area contributed by atoms with Crippen LogP contribution in [0.4, 0.5) is 17.5 Å². The molecule has 5 nitrogen and oxygen atoms in total. The van der Waals surface area contributed by atoms with Crippen LogP contribution < -0.4 is 15.4 Å². The number of anilines is 3. The van der Waals surface area contributed by atoms with Gasteiger partial charge in [-0.25, -0.2) is 4.98 Å². The fourth-order valence-corrected chi connectivity index (χ4v) is 2.34. The van der Waals surface area contributed by atoms with Gasteiger partial charge in [0, 0.05) is 23.7 Å². The summed E-state index contributed by atoms with van der Waals surface area (Å²) in [7, 11) is 1.65. The molecule has 0 saturated carbocycles. The van der Waals surface area contributed by atoms with E-state index >= 15 is 0 Å². The average Bonchev–Trinajstić information content (AvgIpc) is 2.60. The van der Waals surface area contributed by atoms with Crippen molar-refractivity contribution in [2.24, 2.45) is 0 Å². The minimum atomic E-state index is 0.565. The van der Waals surface area contributed by atoms with Crippen LogP contribution in [-0.2, 0) is 0 Å². The number of hydrogen-bond donors (Lipinski definition) is 2. The molecule has 0 radical (unpaired) electrons. The van der Waals surface area contributed by atoms with E-state index in [9.17, 15) is 0 Å². The number of para-hydroxylation sites is 1. The molecular formula is C18H20N4O. The molecule has 2 aromatic carbocycles. The summed E-state index contributed by atoms with van der Waals surface area (Å²) in [5.74, 6) is 2.21. The quantitative estimate of drug-likeness (QED) is 0.714. The summed E-state index contributed by atoms with van der Waals surface area (Å²) in [5.41, 5.74) is 1.80. The normalized spacial score (nSPS) is 10.5. The van der Waals surface area contributed by atoms with Crippen molar-refractivity contribution in [3.05, 3.63) is 48.5 Å². The Morgan fingerprint density at radius 3 is 2.74 bits per heavy atom. The molecule has 1 aromatic heterocycles. The molecule has 23 heavy (non-hydrogen) atoms. The van der Waals surface area contributed by atoms with Crippen molar-refractivity contribution < 1.29 is 4.74 Å². The third-order valence-corrected chi connectivity index (χ3v) is 3.47. The first-order valence-electron chi connectivity index (χ1n) is 7.72. The molecule has 0 unspecified atom stereocenters. The zero-order valence-electron chi connectivity index (χ0n) is 13.3. The Labute approximate surface area is 135 Å². The molecule has 0 amide bonds. The van der Waals surface area contributed by atoms with Gasteiger partial charge in [0.25, 0.3) is 0 Å². The van der Waals surface area contributed by atoms with Crippen molar-refractivity contribution in [2.75, 3.05) is 24.3 Å². The van der Waals surface area contributed by atoms with Crippen LogP contribution in [0, 0.1) is 0 Å². The zero-order valence-corrected chi connectivity index (χ0v) is 13.3. The second-order valence-corrected chi connectivity index (χ2v) is 5.20. The molecule has 0 aliphatic carbocycles. The van der Waals surface area contributed by atoms with Crippen molar-refractivity contribution in [1.29, 1.82) is 0 Å². The van der Waals surface area contributed by atoms with Gasteiger partial charge in [0.2, 0.25) is 5.95 Å². The van der Waals surface area contributed by atoms with E-state index in [1.54, 1.807) is 7.11 Å². The Bertz CT molecular complexity index is 804. The maximum atomic E-state index is 5.25. The van der Waals surface area contributed by atoms with Gasteiger partial charge in [-0.2, -0.15) is 4.98 Å². The molecule has 0 atom stereocenters. The van der Waals surface area contributed by atoms with Crippen LogP contribution in [0.1, 0.15) is 13.3 Å². The molecule has 0 aliphatic rings. The Kier molecular flexibility index (Phi) is 4.57. The summed E-state index contributed by atoms with van der Waals surface area (Å²) in [6, 6.07) is 15.7. The molecular weight excluding hydrogens is 288 g/mol. The van der Waals surface area contributed by atoms with Gasteiger partial charge in [-0.3, -0.25) is 0 Å². The summed E-state index contributed by atoms with van der Waals surface area (Å²) >= 11 is 0. The van der Waals surface area contributed by atoms with Gasteiger partial charge >= 0.3 is 0 Å². The van der Waals surface area contributed by atoms with Crippen molar-refractivity contribution in [2.45, 2.75) is 13.3 Å². The van der Waals surface area contributed by atoms with Gasteiger partial charge in [-0.1, -0.05) is 25.1 Å². The summed E-state index contributed by atoms with van der Waals surface area (Å²) < 4.78 is 5.25. The molecule has 118 valence electrons. The molecule has 0 fully saturated rings. The number of aromatic nitrogens is 2. The SMILES string of the molecule is CCCNc1nc(Nc2cccc(OC)c2)nc2ccccc12. The van der Waals surface area contributed by atoms with Crippen molar-refractivity contribution in [1.82, 2.24) is 9.97 Å². The molecule has 2 N–H and O–H groups in total. The first-order chi connectivity index (χ1) is 11.3. The fourth-order valence-electron chi connectivity index (χ4n) is 2.34. The van der Waals surface area contributed by atoms with Gasteiger partial charge in [0.05, 0.1) is 12.6 Å². The second-order valence-electron chi connectivity index (χ2n) is 5.20. The largest absolute Gasteiger partial charge is 0.497 e. The number of nitrogens with one attached hydrogen (secondary N) is 2. The topological polar surface area (TPSA) is 59.1 Å². The van der Waals surface area contributed by atoms with E-state index in [2.05, 4.69) is 27.5 Å². The van der Waals surface area contributed by atoms with E-state index in [1.807, 2.05) is 48.5 Å². The molecule has 0 aliphatic heterocycles. The zero-order chi connectivity index (χ0) is 16.1. The predicted octanol–water partition coefficient (Wildman–Crippen LogP) is 4.20. The van der Waals surface area contributed by atoms with E-state index in [4.69, 9.17) is 4.74 Å². The van der Waals surface area contributed by atoms with Crippen LogP contribution in [-0.4, -0.2) is 23.6 Å². The number of hydrogen-bond acceptors (Lipinski definition) is 5. The summed E-state index contributed by atoms with van der Waals surface area (Å²) in [6.45, 7) is 3.01. The number of rotatable bonds is 6. The van der Waals surface area contributed by atoms with Gasteiger partial charge in [-0.15, -0.1) is 0 Å². The lowest BCUT2D eigenvalue weighted by Crippen LogP contribution is -2.06. The third kappa shape index (κ3) is 3.51. The molecule has 3 rings (SSSR count). The number of nitrogens with zero attached hydrogens (tertiary/aromatic N) is 2. The Morgan fingerprint density at radius 2 is 1.91 bits per heavy atom. The summed E-state index contributed by atoms with van der Waals surface area (Å²) in [5, 5.41) is 7.64. The Hall–Kier alpha value is -2.82. The molecule has 1 heterocycles. The van der Waals surface area contributed by atoms with Gasteiger partial charge in [0.15, 0.2) is 0 Å².